The van der Waals surface area contributed by atoms with Gasteiger partial charge < -0.3 is 14.5 Å². The van der Waals surface area contributed by atoms with E-state index in [-0.39, 0.29) is 5.92 Å². The molecule has 170 valence electrons. The average molecular weight is 430 g/mol. The summed E-state index contributed by atoms with van der Waals surface area (Å²) in [7, 11) is 5.45. The molecular formula is C22H34F3N3O2. The number of benzene rings is 1. The zero-order valence-electron chi connectivity index (χ0n) is 18.2. The van der Waals surface area contributed by atoms with Gasteiger partial charge in [0.2, 0.25) is 5.91 Å². The summed E-state index contributed by atoms with van der Waals surface area (Å²) in [6.07, 6.45) is -3.85. The Morgan fingerprint density at radius 2 is 1.97 bits per heavy atom. The fraction of sp³-hybridized carbons (Fsp3) is 0.682. The number of hydrogen-bond acceptors (Lipinski definition) is 4. The summed E-state index contributed by atoms with van der Waals surface area (Å²) in [6, 6.07) is 7.92. The summed E-state index contributed by atoms with van der Waals surface area (Å²) in [5.74, 6) is 0.705. The van der Waals surface area contributed by atoms with Gasteiger partial charge in [0.25, 0.3) is 0 Å². The number of halogens is 3. The second-order valence-corrected chi connectivity index (χ2v) is 8.31. The van der Waals surface area contributed by atoms with E-state index in [1.54, 1.807) is 12.0 Å². The number of carbonyl (C=O) groups is 1. The topological polar surface area (TPSA) is 36.0 Å². The Morgan fingerprint density at radius 1 is 1.23 bits per heavy atom. The minimum atomic E-state index is -4.31. The SMILES string of the molecule is COc1ccccc1CN1CCC[C@@H](CN(CCN(C)C)C(=O)CCC(F)(F)F)C1. The van der Waals surface area contributed by atoms with E-state index >= 15 is 0 Å². The summed E-state index contributed by atoms with van der Waals surface area (Å²) in [6.45, 7) is 4.15. The van der Waals surface area contributed by atoms with Crippen molar-refractivity contribution in [2.45, 2.75) is 38.4 Å². The van der Waals surface area contributed by atoms with Gasteiger partial charge in [-0.1, -0.05) is 18.2 Å². The van der Waals surface area contributed by atoms with Gasteiger partial charge in [-0.15, -0.1) is 0 Å². The second kappa shape index (κ2) is 11.6. The van der Waals surface area contributed by atoms with Gasteiger partial charge >= 0.3 is 6.18 Å². The fourth-order valence-corrected chi connectivity index (χ4v) is 3.88. The van der Waals surface area contributed by atoms with Crippen LogP contribution in [0.3, 0.4) is 0 Å². The molecule has 0 radical (unpaired) electrons. The smallest absolute Gasteiger partial charge is 0.389 e. The highest BCUT2D eigenvalue weighted by Crippen LogP contribution is 2.25. The Morgan fingerprint density at radius 3 is 2.63 bits per heavy atom. The number of para-hydroxylation sites is 1. The fourth-order valence-electron chi connectivity index (χ4n) is 3.88. The Bertz CT molecular complexity index is 667. The maximum atomic E-state index is 12.6. The Hall–Kier alpha value is -1.80. The number of nitrogens with zero attached hydrogens (tertiary/aromatic N) is 3. The van der Waals surface area contributed by atoms with E-state index in [4.69, 9.17) is 4.74 Å². The zero-order valence-corrected chi connectivity index (χ0v) is 18.2. The molecule has 5 nitrogen and oxygen atoms in total. The highest BCUT2D eigenvalue weighted by atomic mass is 19.4. The van der Waals surface area contributed by atoms with Gasteiger partial charge in [-0.2, -0.15) is 13.2 Å². The minimum absolute atomic E-state index is 0.255. The van der Waals surface area contributed by atoms with Crippen molar-refractivity contribution >= 4 is 5.91 Å². The summed E-state index contributed by atoms with van der Waals surface area (Å²) in [5, 5.41) is 0. The van der Waals surface area contributed by atoms with Crippen LogP contribution in [0.1, 0.15) is 31.2 Å². The molecule has 1 aromatic rings. The standard InChI is InChI=1S/C22H34F3N3O2/c1-26(2)13-14-28(21(29)10-11-22(23,24)25)16-18-7-6-12-27(15-18)17-19-8-4-5-9-20(19)30-3/h4-5,8-9,18H,6-7,10-17H2,1-3H3/t18-/m1/s1. The van der Waals surface area contributed by atoms with Gasteiger partial charge in [0.1, 0.15) is 5.75 Å². The van der Waals surface area contributed by atoms with Crippen LogP contribution in [-0.2, 0) is 11.3 Å². The minimum Gasteiger partial charge on any atom is -0.496 e. The van der Waals surface area contributed by atoms with Gasteiger partial charge in [0.05, 0.1) is 13.5 Å². The van der Waals surface area contributed by atoms with Gasteiger partial charge in [-0.05, 0) is 45.5 Å². The Kier molecular flexibility index (Phi) is 9.42. The van der Waals surface area contributed by atoms with Crippen LogP contribution in [-0.4, -0.2) is 80.7 Å². The third kappa shape index (κ3) is 8.52. The van der Waals surface area contributed by atoms with Crippen LogP contribution in [0.15, 0.2) is 24.3 Å². The molecule has 1 amide bonds. The zero-order chi connectivity index (χ0) is 22.1. The first kappa shape index (κ1) is 24.5. The first-order valence-electron chi connectivity index (χ1n) is 10.5. The van der Waals surface area contributed by atoms with Crippen molar-refractivity contribution in [1.82, 2.24) is 14.7 Å². The molecule has 1 atom stereocenters. The van der Waals surface area contributed by atoms with Crippen LogP contribution in [0, 0.1) is 5.92 Å². The third-order valence-corrected chi connectivity index (χ3v) is 5.46. The van der Waals surface area contributed by atoms with E-state index < -0.39 is 24.9 Å². The molecule has 1 saturated heterocycles. The molecular weight excluding hydrogens is 395 g/mol. The first-order chi connectivity index (χ1) is 14.2. The maximum absolute atomic E-state index is 12.6. The van der Waals surface area contributed by atoms with Gasteiger partial charge in [-0.25, -0.2) is 0 Å². The quantitative estimate of drug-likeness (QED) is 0.569. The van der Waals surface area contributed by atoms with E-state index in [2.05, 4.69) is 4.90 Å². The first-order valence-corrected chi connectivity index (χ1v) is 10.5. The Balaban J connectivity index is 1.97. The lowest BCUT2D eigenvalue weighted by Crippen LogP contribution is -2.44. The lowest BCUT2D eigenvalue weighted by atomic mass is 9.96. The van der Waals surface area contributed by atoms with Crippen molar-refractivity contribution in [3.63, 3.8) is 0 Å². The van der Waals surface area contributed by atoms with Crippen molar-refractivity contribution < 1.29 is 22.7 Å². The molecule has 2 rings (SSSR count). The van der Waals surface area contributed by atoms with E-state index in [1.165, 1.54) is 0 Å². The predicted octanol–water partition coefficient (Wildman–Crippen LogP) is 3.64. The maximum Gasteiger partial charge on any atom is 0.389 e. The number of rotatable bonds is 10. The van der Waals surface area contributed by atoms with Crippen LogP contribution in [0.25, 0.3) is 0 Å². The van der Waals surface area contributed by atoms with E-state index in [0.29, 0.717) is 19.6 Å². The lowest BCUT2D eigenvalue weighted by Gasteiger charge is -2.36. The number of likely N-dealkylation sites (N-methyl/N-ethyl adjacent to an activating group) is 1. The van der Waals surface area contributed by atoms with E-state index in [0.717, 1.165) is 43.8 Å². The Labute approximate surface area is 177 Å². The van der Waals surface area contributed by atoms with Crippen LogP contribution >= 0.6 is 0 Å². The van der Waals surface area contributed by atoms with E-state index in [9.17, 15) is 18.0 Å². The second-order valence-electron chi connectivity index (χ2n) is 8.31. The highest BCUT2D eigenvalue weighted by Gasteiger charge is 2.30. The molecule has 8 heteroatoms. The van der Waals surface area contributed by atoms with Crippen molar-refractivity contribution in [3.8, 4) is 5.75 Å². The number of hydrogen-bond donors (Lipinski definition) is 0. The summed E-state index contributed by atoms with van der Waals surface area (Å²) in [4.78, 5) is 18.4. The van der Waals surface area contributed by atoms with Gasteiger partial charge in [0, 0.05) is 44.7 Å². The number of likely N-dealkylation sites (tertiary alicyclic amines) is 1. The van der Waals surface area contributed by atoms with Crippen molar-refractivity contribution in [2.24, 2.45) is 5.92 Å². The van der Waals surface area contributed by atoms with Crippen molar-refractivity contribution in [3.05, 3.63) is 29.8 Å². The molecule has 1 aromatic carbocycles. The molecule has 0 aliphatic carbocycles. The molecule has 1 aliphatic heterocycles. The van der Waals surface area contributed by atoms with Crippen molar-refractivity contribution in [2.75, 3.05) is 53.9 Å². The molecule has 1 aliphatic rings. The summed E-state index contributed by atoms with van der Waals surface area (Å²) < 4.78 is 43.2. The normalized spacial score (nSPS) is 17.9. The summed E-state index contributed by atoms with van der Waals surface area (Å²) in [5.41, 5.74) is 1.12. The van der Waals surface area contributed by atoms with Crippen molar-refractivity contribution in [1.29, 1.82) is 0 Å². The molecule has 0 spiro atoms. The average Bonchev–Trinajstić information content (AvgIpc) is 2.69. The van der Waals surface area contributed by atoms with Crippen LogP contribution < -0.4 is 4.74 Å². The molecule has 0 aromatic heterocycles. The number of alkyl halides is 3. The summed E-state index contributed by atoms with van der Waals surface area (Å²) >= 11 is 0. The molecule has 0 N–H and O–H groups in total. The molecule has 1 heterocycles. The van der Waals surface area contributed by atoms with Gasteiger partial charge in [0.15, 0.2) is 0 Å². The molecule has 0 saturated carbocycles. The van der Waals surface area contributed by atoms with E-state index in [1.807, 2.05) is 43.3 Å². The van der Waals surface area contributed by atoms with Gasteiger partial charge in [-0.3, -0.25) is 9.69 Å². The highest BCUT2D eigenvalue weighted by molar-refractivity contribution is 5.76. The van der Waals surface area contributed by atoms with Crippen LogP contribution in [0.4, 0.5) is 13.2 Å². The number of methoxy groups -OCH3 is 1. The van der Waals surface area contributed by atoms with Crippen LogP contribution in [0.5, 0.6) is 5.75 Å². The molecule has 0 unspecified atom stereocenters. The number of ether oxygens (including phenoxy) is 1. The number of piperidine rings is 1. The number of amides is 1. The predicted molar refractivity (Wildman–Crippen MR) is 111 cm³/mol. The van der Waals surface area contributed by atoms with Crippen LogP contribution in [0.2, 0.25) is 0 Å². The third-order valence-electron chi connectivity index (χ3n) is 5.46. The monoisotopic (exact) mass is 429 g/mol. The molecule has 1 fully saturated rings. The number of carbonyl (C=O) groups excluding carboxylic acids is 1. The molecule has 0 bridgehead atoms. The molecule has 30 heavy (non-hydrogen) atoms. The lowest BCUT2D eigenvalue weighted by molar-refractivity contribution is -0.149. The largest absolute Gasteiger partial charge is 0.496 e.